The van der Waals surface area contributed by atoms with Crippen molar-refractivity contribution in [3.05, 3.63) is 54.1 Å². The topological polar surface area (TPSA) is 75.7 Å². The fourth-order valence-corrected chi connectivity index (χ4v) is 4.34. The number of hydrogen-bond donors (Lipinski definition) is 1. The predicted octanol–water partition coefficient (Wildman–Crippen LogP) is 3.01. The number of amides is 1. The van der Waals surface area contributed by atoms with Crippen molar-refractivity contribution < 1.29 is 17.9 Å². The van der Waals surface area contributed by atoms with Crippen molar-refractivity contribution in [2.45, 2.75) is 17.7 Å². The zero-order valence-corrected chi connectivity index (χ0v) is 14.0. The number of fused-ring (bicyclic) bond motifs is 1. The van der Waals surface area contributed by atoms with Gasteiger partial charge in [0.1, 0.15) is 0 Å². The number of nitrogens with zero attached hydrogens (tertiary/aromatic N) is 1. The van der Waals surface area contributed by atoms with Crippen LogP contribution in [0.4, 0.5) is 16.2 Å². The molecule has 0 aliphatic carbocycles. The Morgan fingerprint density at radius 2 is 1.92 bits per heavy atom. The standard InChI is InChI=1S/C17H18N2O4S/c1-23-17(20)18-14-9-10-16-13(12-14)6-5-11-19(16)24(21,22)15-7-3-2-4-8-15/h2-4,7-10,12H,5-6,11H2,1H3,(H,18,20). The van der Waals surface area contributed by atoms with Gasteiger partial charge in [-0.3, -0.25) is 9.62 Å². The second-order valence-corrected chi connectivity index (χ2v) is 7.32. The lowest BCUT2D eigenvalue weighted by Gasteiger charge is -2.30. The van der Waals surface area contributed by atoms with Crippen molar-refractivity contribution in [2.75, 3.05) is 23.3 Å². The van der Waals surface area contributed by atoms with Gasteiger partial charge < -0.3 is 4.74 Å². The van der Waals surface area contributed by atoms with Crippen molar-refractivity contribution in [3.8, 4) is 0 Å². The first-order chi connectivity index (χ1) is 11.5. The minimum Gasteiger partial charge on any atom is -0.453 e. The largest absolute Gasteiger partial charge is 0.453 e. The first-order valence-corrected chi connectivity index (χ1v) is 9.02. The van der Waals surface area contributed by atoms with E-state index < -0.39 is 16.1 Å². The molecule has 1 N–H and O–H groups in total. The molecule has 126 valence electrons. The molecule has 3 rings (SSSR count). The van der Waals surface area contributed by atoms with Gasteiger partial charge in [-0.15, -0.1) is 0 Å². The first kappa shape index (κ1) is 16.3. The Morgan fingerprint density at radius 1 is 1.17 bits per heavy atom. The minimum absolute atomic E-state index is 0.273. The molecule has 1 heterocycles. The average Bonchev–Trinajstić information content (AvgIpc) is 2.61. The second kappa shape index (κ2) is 6.52. The summed E-state index contributed by atoms with van der Waals surface area (Å²) in [5, 5.41) is 2.60. The number of benzene rings is 2. The summed E-state index contributed by atoms with van der Waals surface area (Å²) in [6.07, 6.45) is 0.924. The quantitative estimate of drug-likeness (QED) is 0.927. The summed E-state index contributed by atoms with van der Waals surface area (Å²) in [5.41, 5.74) is 2.12. The molecule has 0 saturated heterocycles. The van der Waals surface area contributed by atoms with Crippen LogP contribution in [0, 0.1) is 0 Å². The van der Waals surface area contributed by atoms with Gasteiger partial charge in [0.25, 0.3) is 10.0 Å². The monoisotopic (exact) mass is 346 g/mol. The number of hydrogen-bond acceptors (Lipinski definition) is 4. The van der Waals surface area contributed by atoms with E-state index in [2.05, 4.69) is 10.1 Å². The molecule has 0 unspecified atom stereocenters. The maximum atomic E-state index is 12.9. The Morgan fingerprint density at radius 3 is 2.62 bits per heavy atom. The zero-order valence-electron chi connectivity index (χ0n) is 13.2. The van der Waals surface area contributed by atoms with E-state index in [4.69, 9.17) is 0 Å². The molecule has 0 bridgehead atoms. The summed E-state index contributed by atoms with van der Waals surface area (Å²) in [4.78, 5) is 11.6. The van der Waals surface area contributed by atoms with Crippen molar-refractivity contribution in [3.63, 3.8) is 0 Å². The highest BCUT2D eigenvalue weighted by atomic mass is 32.2. The fraction of sp³-hybridized carbons (Fsp3) is 0.235. The molecule has 0 radical (unpaired) electrons. The lowest BCUT2D eigenvalue weighted by atomic mass is 10.0. The molecular formula is C17H18N2O4S. The van der Waals surface area contributed by atoms with E-state index in [0.29, 0.717) is 17.9 Å². The second-order valence-electron chi connectivity index (χ2n) is 5.45. The van der Waals surface area contributed by atoms with E-state index in [1.807, 2.05) is 0 Å². The van der Waals surface area contributed by atoms with Gasteiger partial charge in [-0.05, 0) is 48.7 Å². The number of nitrogens with one attached hydrogen (secondary N) is 1. The van der Waals surface area contributed by atoms with Gasteiger partial charge in [0.15, 0.2) is 0 Å². The molecule has 24 heavy (non-hydrogen) atoms. The summed E-state index contributed by atoms with van der Waals surface area (Å²) in [5.74, 6) is 0. The Hall–Kier alpha value is -2.54. The SMILES string of the molecule is COC(=O)Nc1ccc2c(c1)CCCN2S(=O)(=O)c1ccccc1. The van der Waals surface area contributed by atoms with Crippen LogP contribution in [0.3, 0.4) is 0 Å². The van der Waals surface area contributed by atoms with Crippen LogP contribution >= 0.6 is 0 Å². The normalized spacial score (nSPS) is 14.0. The molecule has 2 aromatic carbocycles. The van der Waals surface area contributed by atoms with Crippen LogP contribution in [0.2, 0.25) is 0 Å². The van der Waals surface area contributed by atoms with Crippen molar-refractivity contribution in [1.29, 1.82) is 0 Å². The molecule has 6 nitrogen and oxygen atoms in total. The lowest BCUT2D eigenvalue weighted by molar-refractivity contribution is 0.187. The van der Waals surface area contributed by atoms with E-state index >= 15 is 0 Å². The molecule has 0 aromatic heterocycles. The molecule has 1 aliphatic rings. The maximum Gasteiger partial charge on any atom is 0.411 e. The smallest absolute Gasteiger partial charge is 0.411 e. The number of methoxy groups -OCH3 is 1. The third-order valence-electron chi connectivity index (χ3n) is 3.92. The Kier molecular flexibility index (Phi) is 4.44. The van der Waals surface area contributed by atoms with Gasteiger partial charge in [-0.1, -0.05) is 18.2 Å². The average molecular weight is 346 g/mol. The number of carbonyl (C=O) groups is 1. The summed E-state index contributed by atoms with van der Waals surface area (Å²) >= 11 is 0. The number of anilines is 2. The highest BCUT2D eigenvalue weighted by Crippen LogP contribution is 2.33. The molecule has 0 atom stereocenters. The van der Waals surface area contributed by atoms with Gasteiger partial charge in [-0.25, -0.2) is 13.2 Å². The van der Waals surface area contributed by atoms with E-state index in [1.165, 1.54) is 11.4 Å². The van der Waals surface area contributed by atoms with Crippen molar-refractivity contribution >= 4 is 27.5 Å². The van der Waals surface area contributed by atoms with Gasteiger partial charge in [0.05, 0.1) is 17.7 Å². The molecule has 1 aliphatic heterocycles. The Bertz CT molecular complexity index is 850. The van der Waals surface area contributed by atoms with Crippen LogP contribution in [0.25, 0.3) is 0 Å². The highest BCUT2D eigenvalue weighted by Gasteiger charge is 2.29. The molecule has 0 fully saturated rings. The summed E-state index contributed by atoms with van der Waals surface area (Å²) in [6.45, 7) is 0.438. The number of aryl methyl sites for hydroxylation is 1. The van der Waals surface area contributed by atoms with Crippen molar-refractivity contribution in [2.24, 2.45) is 0 Å². The predicted molar refractivity (Wildman–Crippen MR) is 91.8 cm³/mol. The molecular weight excluding hydrogens is 328 g/mol. The number of carbonyl (C=O) groups excluding carboxylic acids is 1. The lowest BCUT2D eigenvalue weighted by Crippen LogP contribution is -2.35. The van der Waals surface area contributed by atoms with Gasteiger partial charge >= 0.3 is 6.09 Å². The number of ether oxygens (including phenoxy) is 1. The third-order valence-corrected chi connectivity index (χ3v) is 5.75. The van der Waals surface area contributed by atoms with Gasteiger partial charge in [0, 0.05) is 12.2 Å². The molecule has 1 amide bonds. The summed E-state index contributed by atoms with van der Waals surface area (Å²) in [7, 11) is -2.30. The van der Waals surface area contributed by atoms with Crippen molar-refractivity contribution in [1.82, 2.24) is 0 Å². The molecule has 2 aromatic rings. The summed E-state index contributed by atoms with van der Waals surface area (Å²) in [6, 6.07) is 13.6. The van der Waals surface area contributed by atoms with E-state index in [1.54, 1.807) is 48.5 Å². The van der Waals surface area contributed by atoms with Gasteiger partial charge in [-0.2, -0.15) is 0 Å². The molecule has 0 saturated carbocycles. The highest BCUT2D eigenvalue weighted by molar-refractivity contribution is 7.92. The van der Waals surface area contributed by atoms with Crippen LogP contribution in [-0.4, -0.2) is 28.2 Å². The van der Waals surface area contributed by atoms with E-state index in [0.717, 1.165) is 18.4 Å². The Balaban J connectivity index is 1.96. The minimum atomic E-state index is -3.59. The Labute approximate surface area is 141 Å². The fourth-order valence-electron chi connectivity index (χ4n) is 2.78. The zero-order chi connectivity index (χ0) is 17.2. The van der Waals surface area contributed by atoms with Crippen LogP contribution in [0.15, 0.2) is 53.4 Å². The third kappa shape index (κ3) is 3.07. The van der Waals surface area contributed by atoms with E-state index in [-0.39, 0.29) is 4.90 Å². The van der Waals surface area contributed by atoms with Crippen LogP contribution in [0.5, 0.6) is 0 Å². The summed E-state index contributed by atoms with van der Waals surface area (Å²) < 4.78 is 31.8. The first-order valence-electron chi connectivity index (χ1n) is 7.58. The van der Waals surface area contributed by atoms with Gasteiger partial charge in [0.2, 0.25) is 0 Å². The number of rotatable bonds is 3. The van der Waals surface area contributed by atoms with Crippen LogP contribution in [0.1, 0.15) is 12.0 Å². The number of sulfonamides is 1. The van der Waals surface area contributed by atoms with Crippen LogP contribution < -0.4 is 9.62 Å². The maximum absolute atomic E-state index is 12.9. The van der Waals surface area contributed by atoms with Crippen LogP contribution in [-0.2, 0) is 21.2 Å². The molecule has 0 spiro atoms. The molecule has 7 heteroatoms. The van der Waals surface area contributed by atoms with E-state index in [9.17, 15) is 13.2 Å².